The van der Waals surface area contributed by atoms with Crippen molar-refractivity contribution in [1.82, 2.24) is 10.2 Å². The lowest BCUT2D eigenvalue weighted by Gasteiger charge is -2.33. The van der Waals surface area contributed by atoms with Gasteiger partial charge in [0.1, 0.15) is 12.3 Å². The van der Waals surface area contributed by atoms with Gasteiger partial charge in [0.25, 0.3) is 0 Å². The number of phenolic OH excluding ortho intramolecular Hbond substituents is 1. The second-order valence-corrected chi connectivity index (χ2v) is 5.18. The number of carbonyl (C=O) groups is 1. The zero-order chi connectivity index (χ0) is 15.6. The van der Waals surface area contributed by atoms with Crippen molar-refractivity contribution in [2.45, 2.75) is 32.1 Å². The summed E-state index contributed by atoms with van der Waals surface area (Å²) in [4.78, 5) is 13.6. The Bertz CT molecular complexity index is 531. The van der Waals surface area contributed by atoms with Crippen molar-refractivity contribution in [3.8, 4) is 5.75 Å². The molecule has 1 aromatic rings. The summed E-state index contributed by atoms with van der Waals surface area (Å²) in [5.41, 5.74) is 1.99. The molecule has 0 aliphatic carbocycles. The molecule has 1 aromatic carbocycles. The van der Waals surface area contributed by atoms with Gasteiger partial charge in [0.05, 0.1) is 6.04 Å². The molecule has 1 amide bonds. The second kappa shape index (κ2) is 5.93. The molecule has 1 aliphatic rings. The minimum atomic E-state index is -4.41. The van der Waals surface area contributed by atoms with Gasteiger partial charge >= 0.3 is 6.18 Å². The van der Waals surface area contributed by atoms with Gasteiger partial charge in [-0.05, 0) is 36.6 Å². The highest BCUT2D eigenvalue weighted by Crippen LogP contribution is 2.24. The number of benzene rings is 1. The Morgan fingerprint density at radius 2 is 2.14 bits per heavy atom. The van der Waals surface area contributed by atoms with E-state index < -0.39 is 24.7 Å². The molecule has 1 atom stereocenters. The molecule has 0 unspecified atom stereocenters. The van der Waals surface area contributed by atoms with Crippen LogP contribution in [0.5, 0.6) is 5.75 Å². The number of nitrogens with zero attached hydrogens (tertiary/aromatic N) is 1. The Labute approximate surface area is 120 Å². The molecule has 7 heteroatoms. The van der Waals surface area contributed by atoms with E-state index in [0.29, 0.717) is 19.5 Å². The van der Waals surface area contributed by atoms with Crippen molar-refractivity contribution >= 4 is 5.91 Å². The van der Waals surface area contributed by atoms with Crippen molar-refractivity contribution in [3.63, 3.8) is 0 Å². The van der Waals surface area contributed by atoms with Gasteiger partial charge in [0.2, 0.25) is 5.91 Å². The maximum atomic E-state index is 12.1. The zero-order valence-corrected chi connectivity index (χ0v) is 11.6. The van der Waals surface area contributed by atoms with E-state index in [-0.39, 0.29) is 5.75 Å². The first-order valence-electron chi connectivity index (χ1n) is 6.65. The topological polar surface area (TPSA) is 52.6 Å². The van der Waals surface area contributed by atoms with Gasteiger partial charge in [-0.15, -0.1) is 0 Å². The van der Waals surface area contributed by atoms with Crippen LogP contribution in [0.1, 0.15) is 18.1 Å². The molecule has 21 heavy (non-hydrogen) atoms. The van der Waals surface area contributed by atoms with Gasteiger partial charge in [-0.3, -0.25) is 9.69 Å². The lowest BCUT2D eigenvalue weighted by Crippen LogP contribution is -2.48. The van der Waals surface area contributed by atoms with Crippen LogP contribution in [-0.4, -0.2) is 41.2 Å². The number of halogens is 3. The summed E-state index contributed by atoms with van der Waals surface area (Å²) in [7, 11) is 0. The third-order valence-electron chi connectivity index (χ3n) is 3.62. The number of alkyl halides is 3. The molecule has 0 fully saturated rings. The first kappa shape index (κ1) is 15.6. The number of aromatic hydroxyl groups is 1. The molecule has 1 heterocycles. The van der Waals surface area contributed by atoms with Crippen LogP contribution in [0, 0.1) is 0 Å². The molecule has 0 saturated carbocycles. The smallest absolute Gasteiger partial charge is 0.405 e. The Hall–Kier alpha value is -1.76. The highest BCUT2D eigenvalue weighted by molar-refractivity contribution is 5.81. The van der Waals surface area contributed by atoms with Crippen LogP contribution >= 0.6 is 0 Å². The lowest BCUT2D eigenvalue weighted by atomic mass is 9.98. The van der Waals surface area contributed by atoms with Crippen LogP contribution < -0.4 is 5.32 Å². The van der Waals surface area contributed by atoms with Gasteiger partial charge < -0.3 is 10.4 Å². The molecule has 0 spiro atoms. The van der Waals surface area contributed by atoms with Crippen LogP contribution in [0.3, 0.4) is 0 Å². The molecule has 0 bridgehead atoms. The van der Waals surface area contributed by atoms with Crippen LogP contribution in [0.2, 0.25) is 0 Å². The zero-order valence-electron chi connectivity index (χ0n) is 11.6. The number of carbonyl (C=O) groups excluding carboxylic acids is 1. The maximum Gasteiger partial charge on any atom is 0.405 e. The van der Waals surface area contributed by atoms with Crippen molar-refractivity contribution in [2.75, 3.05) is 13.1 Å². The summed E-state index contributed by atoms with van der Waals surface area (Å²) < 4.78 is 36.3. The molecule has 2 rings (SSSR count). The van der Waals surface area contributed by atoms with E-state index in [1.165, 1.54) is 0 Å². The van der Waals surface area contributed by atoms with E-state index in [1.54, 1.807) is 24.0 Å². The second-order valence-electron chi connectivity index (χ2n) is 5.18. The first-order chi connectivity index (χ1) is 9.76. The monoisotopic (exact) mass is 302 g/mol. The fourth-order valence-electron chi connectivity index (χ4n) is 2.40. The van der Waals surface area contributed by atoms with Gasteiger partial charge in [0, 0.05) is 13.1 Å². The molecule has 1 aliphatic heterocycles. The normalized spacial score (nSPS) is 17.1. The van der Waals surface area contributed by atoms with E-state index in [0.717, 1.165) is 11.1 Å². The van der Waals surface area contributed by atoms with Crippen molar-refractivity contribution < 1.29 is 23.1 Å². The minimum absolute atomic E-state index is 0.143. The third kappa shape index (κ3) is 4.10. The lowest BCUT2D eigenvalue weighted by molar-refractivity contribution is -0.141. The average molecular weight is 302 g/mol. The number of nitrogens with one attached hydrogen (secondary N) is 1. The van der Waals surface area contributed by atoms with Crippen molar-refractivity contribution in [2.24, 2.45) is 0 Å². The van der Waals surface area contributed by atoms with E-state index >= 15 is 0 Å². The molecule has 4 nitrogen and oxygen atoms in total. The summed E-state index contributed by atoms with van der Waals surface area (Å²) in [6.07, 6.45) is -3.71. The molecular weight excluding hydrogens is 285 g/mol. The predicted octanol–water partition coefficient (Wildman–Crippen LogP) is 1.82. The number of fused-ring (bicyclic) bond motifs is 1. The molecule has 0 saturated heterocycles. The maximum absolute atomic E-state index is 12.1. The van der Waals surface area contributed by atoms with E-state index in [9.17, 15) is 23.1 Å². The van der Waals surface area contributed by atoms with Crippen molar-refractivity contribution in [3.05, 3.63) is 29.3 Å². The summed E-state index contributed by atoms with van der Waals surface area (Å²) in [6, 6.07) is 4.41. The first-order valence-corrected chi connectivity index (χ1v) is 6.65. The molecule has 0 aromatic heterocycles. The van der Waals surface area contributed by atoms with E-state index in [2.05, 4.69) is 0 Å². The Morgan fingerprint density at radius 3 is 2.81 bits per heavy atom. The standard InChI is InChI=1S/C14H17F3N2O2/c1-9(13(21)18-8-14(15,16)17)19-5-4-10-2-3-12(20)6-11(10)7-19/h2-3,6,9,20H,4-5,7-8H2,1H3,(H,18,21)/t9-/m0/s1. The van der Waals surface area contributed by atoms with Crippen LogP contribution in [0.15, 0.2) is 18.2 Å². The number of rotatable bonds is 3. The van der Waals surface area contributed by atoms with Crippen LogP contribution in [0.4, 0.5) is 13.2 Å². The van der Waals surface area contributed by atoms with Crippen molar-refractivity contribution in [1.29, 1.82) is 0 Å². The third-order valence-corrected chi connectivity index (χ3v) is 3.62. The summed E-state index contributed by atoms with van der Waals surface area (Å²) >= 11 is 0. The quantitative estimate of drug-likeness (QED) is 0.895. The number of hydrogen-bond acceptors (Lipinski definition) is 3. The largest absolute Gasteiger partial charge is 0.508 e. The molecular formula is C14H17F3N2O2. The van der Waals surface area contributed by atoms with E-state index in [1.807, 2.05) is 11.4 Å². The molecule has 0 radical (unpaired) electrons. The van der Waals surface area contributed by atoms with Crippen LogP contribution in [-0.2, 0) is 17.8 Å². The SMILES string of the molecule is C[C@@H](C(=O)NCC(F)(F)F)N1CCc2ccc(O)cc2C1. The Kier molecular flexibility index (Phi) is 4.41. The summed E-state index contributed by atoms with van der Waals surface area (Å²) in [5, 5.41) is 11.4. The molecule has 116 valence electrons. The predicted molar refractivity (Wildman–Crippen MR) is 70.7 cm³/mol. The summed E-state index contributed by atoms with van der Waals surface area (Å²) in [6.45, 7) is 1.30. The molecule has 2 N–H and O–H groups in total. The Morgan fingerprint density at radius 1 is 1.43 bits per heavy atom. The van der Waals surface area contributed by atoms with Gasteiger partial charge in [0.15, 0.2) is 0 Å². The fraction of sp³-hybridized carbons (Fsp3) is 0.500. The van der Waals surface area contributed by atoms with Gasteiger partial charge in [-0.25, -0.2) is 0 Å². The average Bonchev–Trinajstić information content (AvgIpc) is 2.42. The van der Waals surface area contributed by atoms with E-state index in [4.69, 9.17) is 0 Å². The number of phenols is 1. The van der Waals surface area contributed by atoms with Gasteiger partial charge in [-0.1, -0.05) is 6.07 Å². The minimum Gasteiger partial charge on any atom is -0.508 e. The fourth-order valence-corrected chi connectivity index (χ4v) is 2.40. The highest BCUT2D eigenvalue weighted by Gasteiger charge is 2.31. The Balaban J connectivity index is 1.98. The number of hydrogen-bond donors (Lipinski definition) is 2. The van der Waals surface area contributed by atoms with Gasteiger partial charge in [-0.2, -0.15) is 13.2 Å². The van der Waals surface area contributed by atoms with Crippen LogP contribution in [0.25, 0.3) is 0 Å². The number of amides is 1. The highest BCUT2D eigenvalue weighted by atomic mass is 19.4. The summed E-state index contributed by atoms with van der Waals surface area (Å²) in [5.74, 6) is -0.499.